The zero-order valence-corrected chi connectivity index (χ0v) is 13.1. The molecular weight excluding hydrogens is 344 g/mol. The second-order valence-corrected chi connectivity index (χ2v) is 5.87. The molecule has 0 fully saturated rings. The maximum absolute atomic E-state index is 11.6. The van der Waals surface area contributed by atoms with Gasteiger partial charge in [0.1, 0.15) is 11.4 Å². The van der Waals surface area contributed by atoms with Crippen LogP contribution in [0.5, 0.6) is 5.75 Å². The van der Waals surface area contributed by atoms with Crippen molar-refractivity contribution in [1.29, 1.82) is 0 Å². The van der Waals surface area contributed by atoms with Crippen LogP contribution in [0.3, 0.4) is 0 Å². The third-order valence-corrected chi connectivity index (χ3v) is 3.85. The summed E-state index contributed by atoms with van der Waals surface area (Å²) in [6.07, 6.45) is 0. The molecule has 0 spiro atoms. The quantitative estimate of drug-likeness (QED) is 0.497. The summed E-state index contributed by atoms with van der Waals surface area (Å²) in [4.78, 5) is 11.6. The molecule has 0 aliphatic rings. The smallest absolute Gasteiger partial charge is 0.294 e. The van der Waals surface area contributed by atoms with Crippen molar-refractivity contribution in [2.24, 2.45) is 0 Å². The van der Waals surface area contributed by atoms with Crippen molar-refractivity contribution in [3.63, 3.8) is 0 Å². The first kappa shape index (κ1) is 14.9. The van der Waals surface area contributed by atoms with Gasteiger partial charge in [-0.3, -0.25) is 4.79 Å². The van der Waals surface area contributed by atoms with E-state index >= 15 is 0 Å². The minimum absolute atomic E-state index is 0.281. The van der Waals surface area contributed by atoms with Gasteiger partial charge in [0.25, 0.3) is 5.56 Å². The van der Waals surface area contributed by atoms with E-state index in [4.69, 9.17) is 10.6 Å². The monoisotopic (exact) mass is 356 g/mol. The van der Waals surface area contributed by atoms with E-state index in [9.17, 15) is 4.79 Å². The Morgan fingerprint density at radius 2 is 2.05 bits per heavy atom. The standard InChI is InChI=1S/C12H13BrN4O2S/c1-8-11(18)17(14)12(16-15-8)20-7-6-19-10-4-2-9(13)3-5-10/h2-5H,6-7,14H2,1H3. The van der Waals surface area contributed by atoms with Gasteiger partial charge in [-0.2, -0.15) is 4.68 Å². The Morgan fingerprint density at radius 3 is 2.75 bits per heavy atom. The molecule has 2 aromatic rings. The normalized spacial score (nSPS) is 10.5. The van der Waals surface area contributed by atoms with E-state index < -0.39 is 0 Å². The van der Waals surface area contributed by atoms with Gasteiger partial charge in [0.2, 0.25) is 5.16 Å². The molecule has 0 atom stereocenters. The molecule has 106 valence electrons. The fourth-order valence-electron chi connectivity index (χ4n) is 1.39. The molecule has 8 heteroatoms. The van der Waals surface area contributed by atoms with Gasteiger partial charge < -0.3 is 10.6 Å². The Kier molecular flexibility index (Phi) is 5.02. The number of aromatic nitrogens is 3. The van der Waals surface area contributed by atoms with Crippen molar-refractivity contribution in [3.05, 3.63) is 44.8 Å². The van der Waals surface area contributed by atoms with Crippen LogP contribution in [-0.2, 0) is 0 Å². The maximum Gasteiger partial charge on any atom is 0.294 e. The minimum Gasteiger partial charge on any atom is -0.493 e. The summed E-state index contributed by atoms with van der Waals surface area (Å²) in [7, 11) is 0. The van der Waals surface area contributed by atoms with Gasteiger partial charge >= 0.3 is 0 Å². The number of thioether (sulfide) groups is 1. The summed E-state index contributed by atoms with van der Waals surface area (Å²) in [6.45, 7) is 2.06. The van der Waals surface area contributed by atoms with Crippen LogP contribution < -0.4 is 16.1 Å². The molecular formula is C12H13BrN4O2S. The van der Waals surface area contributed by atoms with Crippen LogP contribution in [0.25, 0.3) is 0 Å². The van der Waals surface area contributed by atoms with Crippen LogP contribution in [0.4, 0.5) is 0 Å². The van der Waals surface area contributed by atoms with Gasteiger partial charge in [-0.1, -0.05) is 27.7 Å². The lowest BCUT2D eigenvalue weighted by Gasteiger charge is -2.07. The first-order valence-electron chi connectivity index (χ1n) is 5.80. The number of nitrogens with two attached hydrogens (primary N) is 1. The minimum atomic E-state index is -0.337. The SMILES string of the molecule is Cc1nnc(SCCOc2ccc(Br)cc2)n(N)c1=O. The van der Waals surface area contributed by atoms with Crippen LogP contribution in [0, 0.1) is 6.92 Å². The predicted octanol–water partition coefficient (Wildman–Crippen LogP) is 1.59. The first-order chi connectivity index (χ1) is 9.58. The van der Waals surface area contributed by atoms with E-state index in [1.807, 2.05) is 24.3 Å². The summed E-state index contributed by atoms with van der Waals surface area (Å²) >= 11 is 4.68. The number of hydrogen-bond acceptors (Lipinski definition) is 6. The second-order valence-electron chi connectivity index (χ2n) is 3.89. The number of aryl methyl sites for hydroxylation is 1. The van der Waals surface area contributed by atoms with Gasteiger partial charge in [0.05, 0.1) is 6.61 Å². The summed E-state index contributed by atoms with van der Waals surface area (Å²) in [5.41, 5.74) is -0.0562. The lowest BCUT2D eigenvalue weighted by Crippen LogP contribution is -2.32. The van der Waals surface area contributed by atoms with Gasteiger partial charge in [-0.25, -0.2) is 0 Å². The zero-order chi connectivity index (χ0) is 14.5. The number of nitrogen functional groups attached to an aromatic ring is 1. The number of nitrogens with zero attached hydrogens (tertiary/aromatic N) is 3. The molecule has 0 radical (unpaired) electrons. The van der Waals surface area contributed by atoms with E-state index in [0.717, 1.165) is 14.9 Å². The van der Waals surface area contributed by atoms with Crippen molar-refractivity contribution < 1.29 is 4.74 Å². The van der Waals surface area contributed by atoms with Crippen molar-refractivity contribution in [3.8, 4) is 5.75 Å². The van der Waals surface area contributed by atoms with E-state index in [-0.39, 0.29) is 11.3 Å². The highest BCUT2D eigenvalue weighted by molar-refractivity contribution is 9.10. The number of rotatable bonds is 5. The van der Waals surface area contributed by atoms with Crippen LogP contribution in [-0.4, -0.2) is 27.2 Å². The molecule has 0 saturated heterocycles. The predicted molar refractivity (Wildman–Crippen MR) is 81.5 cm³/mol. The van der Waals surface area contributed by atoms with Gasteiger partial charge in [-0.05, 0) is 31.2 Å². The van der Waals surface area contributed by atoms with Crippen molar-refractivity contribution in [1.82, 2.24) is 14.9 Å². The Bertz CT molecular complexity index is 645. The van der Waals surface area contributed by atoms with Gasteiger partial charge in [0, 0.05) is 10.2 Å². The van der Waals surface area contributed by atoms with E-state index in [2.05, 4.69) is 26.1 Å². The molecule has 1 heterocycles. The Morgan fingerprint density at radius 1 is 1.35 bits per heavy atom. The molecule has 0 aliphatic carbocycles. The molecule has 0 amide bonds. The lowest BCUT2D eigenvalue weighted by atomic mass is 10.3. The Balaban J connectivity index is 1.86. The second kappa shape index (κ2) is 6.76. The fourth-order valence-corrected chi connectivity index (χ4v) is 2.33. The number of halogens is 1. The van der Waals surface area contributed by atoms with Crippen LogP contribution in [0.15, 0.2) is 38.7 Å². The zero-order valence-electron chi connectivity index (χ0n) is 10.7. The molecule has 0 aliphatic heterocycles. The topological polar surface area (TPSA) is 83.0 Å². The molecule has 6 nitrogen and oxygen atoms in total. The van der Waals surface area contributed by atoms with Crippen LogP contribution in [0.1, 0.15) is 5.69 Å². The number of benzene rings is 1. The van der Waals surface area contributed by atoms with E-state index in [1.54, 1.807) is 6.92 Å². The summed E-state index contributed by atoms with van der Waals surface area (Å²) in [5, 5.41) is 8.01. The number of ether oxygens (including phenoxy) is 1. The molecule has 20 heavy (non-hydrogen) atoms. The van der Waals surface area contributed by atoms with Crippen molar-refractivity contribution in [2.45, 2.75) is 12.1 Å². The highest BCUT2D eigenvalue weighted by Gasteiger charge is 2.07. The van der Waals surface area contributed by atoms with E-state index in [1.165, 1.54) is 11.8 Å². The third-order valence-electron chi connectivity index (χ3n) is 2.42. The molecule has 2 N–H and O–H groups in total. The summed E-state index contributed by atoms with van der Waals surface area (Å²) in [5.74, 6) is 7.03. The molecule has 2 rings (SSSR count). The summed E-state index contributed by atoms with van der Waals surface area (Å²) < 4.78 is 7.57. The van der Waals surface area contributed by atoms with Crippen LogP contribution >= 0.6 is 27.7 Å². The van der Waals surface area contributed by atoms with E-state index in [0.29, 0.717) is 17.5 Å². The number of hydrogen-bond donors (Lipinski definition) is 1. The average Bonchev–Trinajstić information content (AvgIpc) is 2.45. The Labute approximate surface area is 128 Å². The highest BCUT2D eigenvalue weighted by Crippen LogP contribution is 2.17. The van der Waals surface area contributed by atoms with Crippen molar-refractivity contribution >= 4 is 27.7 Å². The molecule has 1 aromatic heterocycles. The largest absolute Gasteiger partial charge is 0.493 e. The first-order valence-corrected chi connectivity index (χ1v) is 7.58. The fraction of sp³-hybridized carbons (Fsp3) is 0.250. The maximum atomic E-state index is 11.6. The summed E-state index contributed by atoms with van der Waals surface area (Å²) in [6, 6.07) is 7.57. The van der Waals surface area contributed by atoms with Crippen molar-refractivity contribution in [2.75, 3.05) is 18.2 Å². The molecule has 1 aromatic carbocycles. The van der Waals surface area contributed by atoms with Gasteiger partial charge in [-0.15, -0.1) is 10.2 Å². The van der Waals surface area contributed by atoms with Gasteiger partial charge in [0.15, 0.2) is 0 Å². The third kappa shape index (κ3) is 3.73. The average molecular weight is 357 g/mol. The molecule has 0 bridgehead atoms. The van der Waals surface area contributed by atoms with Crippen LogP contribution in [0.2, 0.25) is 0 Å². The lowest BCUT2D eigenvalue weighted by molar-refractivity contribution is 0.343. The Hall–Kier alpha value is -1.54. The molecule has 0 saturated carbocycles. The highest BCUT2D eigenvalue weighted by atomic mass is 79.9. The molecule has 0 unspecified atom stereocenters.